The molecular formula is C24H32BrNO8. The minimum atomic E-state index is -1.26. The molecule has 1 aliphatic heterocycles. The van der Waals surface area contributed by atoms with Gasteiger partial charge in [0.25, 0.3) is 0 Å². The largest absolute Gasteiger partial charge is 0.493 e. The number of carbonyl (C=O) groups is 2. The Morgan fingerprint density at radius 1 is 1.24 bits per heavy atom. The average Bonchev–Trinajstić information content (AvgIpc) is 3.11. The lowest BCUT2D eigenvalue weighted by molar-refractivity contribution is -0.149. The normalized spacial score (nSPS) is 23.2. The van der Waals surface area contributed by atoms with E-state index in [0.717, 1.165) is 0 Å². The van der Waals surface area contributed by atoms with Gasteiger partial charge in [0.1, 0.15) is 18.5 Å². The van der Waals surface area contributed by atoms with Crippen molar-refractivity contribution in [2.24, 2.45) is 0 Å². The van der Waals surface area contributed by atoms with Crippen LogP contribution >= 0.6 is 15.9 Å². The zero-order valence-electron chi connectivity index (χ0n) is 20.6. The molecule has 0 radical (unpaired) electrons. The Morgan fingerprint density at radius 2 is 1.94 bits per heavy atom. The van der Waals surface area contributed by atoms with E-state index in [-0.39, 0.29) is 19.4 Å². The zero-order chi connectivity index (χ0) is 25.3. The number of hydrogen-bond acceptors (Lipinski definition) is 8. The average molecular weight is 542 g/mol. The van der Waals surface area contributed by atoms with Gasteiger partial charge in [-0.05, 0) is 38.5 Å². The lowest BCUT2D eigenvalue weighted by atomic mass is 9.70. The molecular weight excluding hydrogens is 510 g/mol. The van der Waals surface area contributed by atoms with Crippen LogP contribution < -0.4 is 9.47 Å². The second-order valence-electron chi connectivity index (χ2n) is 9.26. The summed E-state index contributed by atoms with van der Waals surface area (Å²) in [6.07, 6.45) is 0.688. The van der Waals surface area contributed by atoms with Crippen molar-refractivity contribution in [3.05, 3.63) is 33.8 Å². The second kappa shape index (κ2) is 10.1. The quantitative estimate of drug-likeness (QED) is 0.379. The molecule has 1 heterocycles. The number of fused-ring (bicyclic) bond motifs is 3. The van der Waals surface area contributed by atoms with Gasteiger partial charge in [-0.3, -0.25) is 4.79 Å². The number of nitrogens with zero attached hydrogens (tertiary/aromatic N) is 1. The van der Waals surface area contributed by atoms with Crippen LogP contribution in [0.25, 0.3) is 0 Å². The highest BCUT2D eigenvalue weighted by Gasteiger charge is 2.59. The summed E-state index contributed by atoms with van der Waals surface area (Å²) in [5, 5.41) is 0. The smallest absolute Gasteiger partial charge is 0.410 e. The van der Waals surface area contributed by atoms with E-state index in [1.807, 2.05) is 6.07 Å². The molecule has 2 aliphatic rings. The Hall–Kier alpha value is -2.30. The molecule has 34 heavy (non-hydrogen) atoms. The first-order valence-corrected chi connectivity index (χ1v) is 11.7. The molecule has 0 saturated carbocycles. The molecule has 1 aliphatic carbocycles. The third-order valence-electron chi connectivity index (χ3n) is 5.73. The molecule has 0 unspecified atom stereocenters. The summed E-state index contributed by atoms with van der Waals surface area (Å²) in [6.45, 7) is 5.70. The SMILES string of the molecule is COCO[C@H]1C[C@@H]2Oc3c(OC)ccc(CN(C)C(=O)OC(C)(C)C)c3[C@]2(C(=O)OC)C=C1Br. The minimum Gasteiger partial charge on any atom is -0.493 e. The summed E-state index contributed by atoms with van der Waals surface area (Å²) in [6, 6.07) is 3.58. The van der Waals surface area contributed by atoms with E-state index in [1.54, 1.807) is 47.1 Å². The Morgan fingerprint density at radius 3 is 2.53 bits per heavy atom. The second-order valence-corrected chi connectivity index (χ2v) is 10.2. The Balaban J connectivity index is 2.11. The van der Waals surface area contributed by atoms with Gasteiger partial charge in [-0.25, -0.2) is 4.79 Å². The third-order valence-corrected chi connectivity index (χ3v) is 6.47. The van der Waals surface area contributed by atoms with E-state index in [9.17, 15) is 9.59 Å². The highest BCUT2D eigenvalue weighted by atomic mass is 79.9. The van der Waals surface area contributed by atoms with Crippen LogP contribution in [0.4, 0.5) is 4.79 Å². The van der Waals surface area contributed by atoms with Crippen LogP contribution in [-0.4, -0.2) is 69.9 Å². The van der Waals surface area contributed by atoms with Gasteiger partial charge >= 0.3 is 12.1 Å². The van der Waals surface area contributed by atoms with Crippen LogP contribution in [0, 0.1) is 0 Å². The Kier molecular flexibility index (Phi) is 7.84. The first-order chi connectivity index (χ1) is 16.0. The third kappa shape index (κ3) is 4.89. The molecule has 0 fully saturated rings. The molecule has 0 N–H and O–H groups in total. The molecule has 1 amide bonds. The van der Waals surface area contributed by atoms with E-state index < -0.39 is 29.2 Å². The molecule has 9 nitrogen and oxygen atoms in total. The number of amides is 1. The van der Waals surface area contributed by atoms with E-state index >= 15 is 0 Å². The summed E-state index contributed by atoms with van der Waals surface area (Å²) < 4.78 is 34.1. The number of hydrogen-bond donors (Lipinski definition) is 0. The Labute approximate surface area is 208 Å². The van der Waals surface area contributed by atoms with Gasteiger partial charge in [0.2, 0.25) is 0 Å². The molecule has 0 spiro atoms. The molecule has 0 saturated heterocycles. The van der Waals surface area contributed by atoms with Crippen molar-refractivity contribution >= 4 is 28.0 Å². The molecule has 0 aromatic heterocycles. The summed E-state index contributed by atoms with van der Waals surface area (Å²) in [5.41, 5.74) is -0.580. The van der Waals surface area contributed by atoms with Crippen molar-refractivity contribution in [2.75, 3.05) is 35.2 Å². The molecule has 0 bridgehead atoms. The van der Waals surface area contributed by atoms with Gasteiger partial charge in [-0.1, -0.05) is 22.0 Å². The van der Waals surface area contributed by atoms with Crippen LogP contribution in [0.3, 0.4) is 0 Å². The van der Waals surface area contributed by atoms with Crippen LogP contribution in [0.1, 0.15) is 38.3 Å². The maximum Gasteiger partial charge on any atom is 0.410 e. The summed E-state index contributed by atoms with van der Waals surface area (Å²) >= 11 is 3.57. The van der Waals surface area contributed by atoms with Crippen LogP contribution in [-0.2, 0) is 35.7 Å². The van der Waals surface area contributed by atoms with Gasteiger partial charge in [0.15, 0.2) is 16.9 Å². The summed E-state index contributed by atoms with van der Waals surface area (Å²) in [4.78, 5) is 27.5. The number of methoxy groups -OCH3 is 3. The molecule has 3 atom stereocenters. The highest BCUT2D eigenvalue weighted by molar-refractivity contribution is 9.11. The first-order valence-electron chi connectivity index (χ1n) is 10.9. The fourth-order valence-electron chi connectivity index (χ4n) is 4.30. The van der Waals surface area contributed by atoms with Crippen molar-refractivity contribution in [1.82, 2.24) is 4.90 Å². The first kappa shape index (κ1) is 26.3. The van der Waals surface area contributed by atoms with Gasteiger partial charge in [-0.15, -0.1) is 0 Å². The lowest BCUT2D eigenvalue weighted by Gasteiger charge is -2.36. The van der Waals surface area contributed by atoms with Crippen molar-refractivity contribution < 1.29 is 38.0 Å². The standard InChI is InChI=1S/C24H32BrNO8/c1-23(2,3)34-22(28)26(4)12-14-8-9-16(30-6)20-19(14)24(21(27)31-7)11-15(25)17(32-13-29-5)10-18(24)33-20/h8-9,11,17-18H,10,12-13H2,1-7H3/t17-,18-,24-/m0/s1. The Bertz CT molecular complexity index is 972. The monoisotopic (exact) mass is 541 g/mol. The summed E-state index contributed by atoms with van der Waals surface area (Å²) in [5.74, 6) is 0.444. The van der Waals surface area contributed by atoms with Gasteiger partial charge in [0.05, 0.1) is 20.3 Å². The highest BCUT2D eigenvalue weighted by Crippen LogP contribution is 2.55. The molecule has 1 aromatic rings. The number of carbonyl (C=O) groups excluding carboxylic acids is 2. The van der Waals surface area contributed by atoms with Crippen LogP contribution in [0.15, 0.2) is 22.7 Å². The van der Waals surface area contributed by atoms with E-state index in [2.05, 4.69) is 15.9 Å². The van der Waals surface area contributed by atoms with E-state index in [4.69, 9.17) is 28.4 Å². The predicted molar refractivity (Wildman–Crippen MR) is 127 cm³/mol. The molecule has 10 heteroatoms. The van der Waals surface area contributed by atoms with Crippen LogP contribution in [0.5, 0.6) is 11.5 Å². The number of esters is 1. The number of ether oxygens (including phenoxy) is 6. The van der Waals surface area contributed by atoms with Crippen molar-refractivity contribution in [1.29, 1.82) is 0 Å². The molecule has 1 aromatic carbocycles. The maximum atomic E-state index is 13.4. The van der Waals surface area contributed by atoms with Gasteiger partial charge in [-0.2, -0.15) is 0 Å². The summed E-state index contributed by atoms with van der Waals surface area (Å²) in [7, 11) is 6.06. The minimum absolute atomic E-state index is 0.0910. The lowest BCUT2D eigenvalue weighted by Crippen LogP contribution is -2.50. The van der Waals surface area contributed by atoms with Crippen molar-refractivity contribution in [3.63, 3.8) is 0 Å². The number of rotatable bonds is 7. The number of halogens is 1. The fourth-order valence-corrected chi connectivity index (χ4v) is 4.98. The zero-order valence-corrected chi connectivity index (χ0v) is 22.2. The maximum absolute atomic E-state index is 13.4. The van der Waals surface area contributed by atoms with E-state index in [1.165, 1.54) is 19.1 Å². The molecule has 3 rings (SSSR count). The van der Waals surface area contributed by atoms with Crippen molar-refractivity contribution in [3.8, 4) is 11.5 Å². The molecule has 188 valence electrons. The number of benzene rings is 1. The van der Waals surface area contributed by atoms with Crippen molar-refractivity contribution in [2.45, 2.75) is 57.0 Å². The fraction of sp³-hybridized carbons (Fsp3) is 0.583. The van der Waals surface area contributed by atoms with Crippen LogP contribution in [0.2, 0.25) is 0 Å². The topological polar surface area (TPSA) is 92.8 Å². The van der Waals surface area contributed by atoms with E-state index in [0.29, 0.717) is 33.5 Å². The van der Waals surface area contributed by atoms with Gasteiger partial charge in [0, 0.05) is 37.2 Å². The predicted octanol–water partition coefficient (Wildman–Crippen LogP) is 3.91. The van der Waals surface area contributed by atoms with Gasteiger partial charge < -0.3 is 33.3 Å².